The number of nitriles is 1. The first-order valence-electron chi connectivity index (χ1n) is 8.65. The lowest BCUT2D eigenvalue weighted by Gasteiger charge is -2.36. The Balaban J connectivity index is 2.12. The van der Waals surface area contributed by atoms with Gasteiger partial charge in [-0.15, -0.1) is 0 Å². The normalized spacial score (nSPS) is 14.6. The summed E-state index contributed by atoms with van der Waals surface area (Å²) in [6, 6.07) is 21.3. The van der Waals surface area contributed by atoms with Gasteiger partial charge in [0.2, 0.25) is 0 Å². The lowest BCUT2D eigenvalue weighted by atomic mass is 10.0. The summed E-state index contributed by atoms with van der Waals surface area (Å²) in [5, 5.41) is 9.01. The minimum Gasteiger partial charge on any atom is -0.320 e. The fourth-order valence-corrected chi connectivity index (χ4v) is 3.16. The smallest absolute Gasteiger partial charge is 0.104 e. The van der Waals surface area contributed by atoms with Crippen molar-refractivity contribution < 1.29 is 4.48 Å². The second-order valence-electron chi connectivity index (χ2n) is 6.78. The lowest BCUT2D eigenvalue weighted by molar-refractivity contribution is -0.923. The zero-order chi connectivity index (χ0) is 17.4. The van der Waals surface area contributed by atoms with Gasteiger partial charge in [0.25, 0.3) is 0 Å². The van der Waals surface area contributed by atoms with E-state index in [1.165, 1.54) is 16.7 Å². The zero-order valence-corrected chi connectivity index (χ0v) is 14.8. The quantitative estimate of drug-likeness (QED) is 0.751. The molecule has 2 aromatic rings. The summed E-state index contributed by atoms with van der Waals surface area (Å²) >= 11 is 0. The Labute approximate surface area is 145 Å². The third kappa shape index (κ3) is 5.19. The van der Waals surface area contributed by atoms with Crippen LogP contribution < -0.4 is 5.73 Å². The Bertz CT molecular complexity index is 658. The summed E-state index contributed by atoms with van der Waals surface area (Å²) in [5.41, 5.74) is 10.3. The SMILES string of the molecule is CCc1ccc(C(N)C[N+](C)(CCC#N)Cc2ccccc2)cc1. The third-order valence-corrected chi connectivity index (χ3v) is 4.62. The van der Waals surface area contributed by atoms with Crippen molar-refractivity contribution in [3.05, 3.63) is 71.3 Å². The second-order valence-corrected chi connectivity index (χ2v) is 6.78. The Morgan fingerprint density at radius 3 is 2.29 bits per heavy atom. The van der Waals surface area contributed by atoms with E-state index in [0.29, 0.717) is 6.42 Å². The molecule has 0 aliphatic heterocycles. The number of nitrogens with zero attached hydrogens (tertiary/aromatic N) is 2. The predicted octanol–water partition coefficient (Wildman–Crippen LogP) is 3.81. The van der Waals surface area contributed by atoms with Crippen LogP contribution in [0.25, 0.3) is 0 Å². The highest BCUT2D eigenvalue weighted by atomic mass is 15.3. The van der Waals surface area contributed by atoms with Crippen LogP contribution in [0, 0.1) is 11.3 Å². The second kappa shape index (κ2) is 8.63. The molecule has 0 amide bonds. The Kier molecular flexibility index (Phi) is 6.54. The molecule has 0 radical (unpaired) electrons. The highest BCUT2D eigenvalue weighted by Gasteiger charge is 2.26. The maximum absolute atomic E-state index is 9.01. The van der Waals surface area contributed by atoms with Crippen LogP contribution in [0.15, 0.2) is 54.6 Å². The van der Waals surface area contributed by atoms with Gasteiger partial charge in [0, 0.05) is 5.56 Å². The largest absolute Gasteiger partial charge is 0.320 e. The molecule has 0 heterocycles. The van der Waals surface area contributed by atoms with Gasteiger partial charge in [-0.25, -0.2) is 0 Å². The number of aryl methyl sites for hydroxylation is 1. The highest BCUT2D eigenvalue weighted by molar-refractivity contribution is 5.24. The van der Waals surface area contributed by atoms with Crippen molar-refractivity contribution in [1.82, 2.24) is 0 Å². The average Bonchev–Trinajstić information content (AvgIpc) is 2.61. The van der Waals surface area contributed by atoms with Gasteiger partial charge in [-0.2, -0.15) is 5.26 Å². The standard InChI is InChI=1S/C21H28N3/c1-3-18-10-12-20(13-11-18)21(23)17-24(2,15-7-14-22)16-19-8-5-4-6-9-19/h4-6,8-13,21H,3,7,15-17,23H2,1-2H3/q+1. The van der Waals surface area contributed by atoms with Crippen molar-refractivity contribution in [3.8, 4) is 6.07 Å². The van der Waals surface area contributed by atoms with Gasteiger partial charge in [-0.3, -0.25) is 0 Å². The molecule has 2 rings (SSSR count). The molecule has 0 bridgehead atoms. The molecule has 0 fully saturated rings. The van der Waals surface area contributed by atoms with Gasteiger partial charge in [-0.1, -0.05) is 61.5 Å². The van der Waals surface area contributed by atoms with Crippen LogP contribution in [0.2, 0.25) is 0 Å². The maximum atomic E-state index is 9.01. The van der Waals surface area contributed by atoms with Crippen molar-refractivity contribution in [2.45, 2.75) is 32.4 Å². The minimum atomic E-state index is -0.0247. The number of quaternary nitrogens is 1. The van der Waals surface area contributed by atoms with E-state index in [2.05, 4.69) is 68.6 Å². The van der Waals surface area contributed by atoms with Crippen LogP contribution in [0.5, 0.6) is 0 Å². The van der Waals surface area contributed by atoms with Crippen LogP contribution in [0.3, 0.4) is 0 Å². The zero-order valence-electron chi connectivity index (χ0n) is 14.8. The topological polar surface area (TPSA) is 49.8 Å². The van der Waals surface area contributed by atoms with E-state index in [4.69, 9.17) is 11.0 Å². The lowest BCUT2D eigenvalue weighted by Crippen LogP contribution is -2.48. The van der Waals surface area contributed by atoms with Gasteiger partial charge in [-0.05, 0) is 17.5 Å². The minimum absolute atomic E-state index is 0.0247. The molecule has 0 saturated heterocycles. The fraction of sp³-hybridized carbons (Fsp3) is 0.381. The van der Waals surface area contributed by atoms with Crippen molar-refractivity contribution in [2.75, 3.05) is 20.1 Å². The molecule has 2 aromatic carbocycles. The molecule has 3 heteroatoms. The molecule has 0 saturated carbocycles. The van der Waals surface area contributed by atoms with E-state index in [-0.39, 0.29) is 6.04 Å². The first-order chi connectivity index (χ1) is 11.6. The molecule has 0 aliphatic carbocycles. The van der Waals surface area contributed by atoms with E-state index < -0.39 is 0 Å². The van der Waals surface area contributed by atoms with Crippen molar-refractivity contribution in [1.29, 1.82) is 5.26 Å². The van der Waals surface area contributed by atoms with E-state index in [1.807, 2.05) is 6.07 Å². The van der Waals surface area contributed by atoms with Gasteiger partial charge in [0.15, 0.2) is 0 Å². The Hall–Kier alpha value is -2.15. The summed E-state index contributed by atoms with van der Waals surface area (Å²) < 4.78 is 0.772. The summed E-state index contributed by atoms with van der Waals surface area (Å²) in [6.07, 6.45) is 1.59. The Morgan fingerprint density at radius 2 is 1.71 bits per heavy atom. The van der Waals surface area contributed by atoms with Gasteiger partial charge in [0.05, 0.1) is 38.7 Å². The number of benzene rings is 2. The molecule has 0 aliphatic rings. The highest BCUT2D eigenvalue weighted by Crippen LogP contribution is 2.20. The molecule has 3 nitrogen and oxygen atoms in total. The molecule has 2 unspecified atom stereocenters. The molecule has 2 N–H and O–H groups in total. The van der Waals surface area contributed by atoms with Gasteiger partial charge >= 0.3 is 0 Å². The molecule has 24 heavy (non-hydrogen) atoms. The average molecular weight is 322 g/mol. The van der Waals surface area contributed by atoms with Crippen molar-refractivity contribution in [2.24, 2.45) is 5.73 Å². The van der Waals surface area contributed by atoms with Crippen molar-refractivity contribution >= 4 is 0 Å². The molecule has 126 valence electrons. The first-order valence-corrected chi connectivity index (χ1v) is 8.65. The molecular weight excluding hydrogens is 294 g/mol. The number of nitrogens with two attached hydrogens (primary N) is 1. The molecular formula is C21H28N3+. The van der Waals surface area contributed by atoms with Gasteiger partial charge < -0.3 is 10.2 Å². The summed E-state index contributed by atoms with van der Waals surface area (Å²) in [6.45, 7) is 4.68. The first kappa shape index (κ1) is 18.2. The number of hydrogen-bond acceptors (Lipinski definition) is 2. The van der Waals surface area contributed by atoms with Crippen LogP contribution in [-0.2, 0) is 13.0 Å². The van der Waals surface area contributed by atoms with Crippen molar-refractivity contribution in [3.63, 3.8) is 0 Å². The van der Waals surface area contributed by atoms with E-state index in [0.717, 1.165) is 30.5 Å². The van der Waals surface area contributed by atoms with Crippen LogP contribution >= 0.6 is 0 Å². The Morgan fingerprint density at radius 1 is 1.04 bits per heavy atom. The number of hydrogen-bond donors (Lipinski definition) is 1. The summed E-state index contributed by atoms with van der Waals surface area (Å²) in [5.74, 6) is 0. The van der Waals surface area contributed by atoms with Crippen LogP contribution in [0.4, 0.5) is 0 Å². The monoisotopic (exact) mass is 322 g/mol. The van der Waals surface area contributed by atoms with E-state index >= 15 is 0 Å². The molecule has 0 aromatic heterocycles. The number of likely N-dealkylation sites (N-methyl/N-ethyl adjacent to an activating group) is 1. The van der Waals surface area contributed by atoms with Crippen LogP contribution in [0.1, 0.15) is 36.1 Å². The van der Waals surface area contributed by atoms with E-state index in [1.54, 1.807) is 0 Å². The number of rotatable bonds is 8. The molecule has 2 atom stereocenters. The summed E-state index contributed by atoms with van der Waals surface area (Å²) in [4.78, 5) is 0. The maximum Gasteiger partial charge on any atom is 0.104 e. The molecule has 0 spiro atoms. The van der Waals surface area contributed by atoms with Crippen LogP contribution in [-0.4, -0.2) is 24.6 Å². The third-order valence-electron chi connectivity index (χ3n) is 4.62. The predicted molar refractivity (Wildman–Crippen MR) is 99.0 cm³/mol. The van der Waals surface area contributed by atoms with Gasteiger partial charge in [0.1, 0.15) is 6.54 Å². The summed E-state index contributed by atoms with van der Waals surface area (Å²) in [7, 11) is 2.20. The van der Waals surface area contributed by atoms with E-state index in [9.17, 15) is 0 Å². The fourth-order valence-electron chi connectivity index (χ4n) is 3.16.